The molecule has 1 aliphatic rings. The van der Waals surface area contributed by atoms with Crippen LogP contribution in [0.4, 0.5) is 5.69 Å². The van der Waals surface area contributed by atoms with Crippen LogP contribution in [-0.2, 0) is 0 Å². The van der Waals surface area contributed by atoms with Gasteiger partial charge in [-0.1, -0.05) is 11.6 Å². The number of hydrogen-bond acceptors (Lipinski definition) is 2. The first-order valence-corrected chi connectivity index (χ1v) is 7.38. The number of guanidine groups is 2. The van der Waals surface area contributed by atoms with Gasteiger partial charge in [-0.05, 0) is 37.5 Å². The Morgan fingerprint density at radius 3 is 2.45 bits per heavy atom. The molecule has 1 fully saturated rings. The van der Waals surface area contributed by atoms with Crippen molar-refractivity contribution in [2.24, 2.45) is 27.2 Å². The number of aliphatic imine (C=N–C) groups is 2. The van der Waals surface area contributed by atoms with Crippen molar-refractivity contribution in [1.82, 2.24) is 4.90 Å². The number of amides is 1. The van der Waals surface area contributed by atoms with E-state index >= 15 is 0 Å². The van der Waals surface area contributed by atoms with Crippen molar-refractivity contribution in [2.75, 3.05) is 13.1 Å². The number of piperidine rings is 1. The summed E-state index contributed by atoms with van der Waals surface area (Å²) in [5.41, 5.74) is 16.9. The fourth-order valence-corrected chi connectivity index (χ4v) is 2.45. The van der Waals surface area contributed by atoms with Gasteiger partial charge in [-0.2, -0.15) is 4.99 Å². The molecule has 2 rings (SSSR count). The van der Waals surface area contributed by atoms with E-state index in [-0.39, 0.29) is 17.8 Å². The van der Waals surface area contributed by atoms with Crippen molar-refractivity contribution in [3.63, 3.8) is 0 Å². The Morgan fingerprint density at radius 2 is 1.82 bits per heavy atom. The molecule has 1 aliphatic heterocycles. The van der Waals surface area contributed by atoms with E-state index in [9.17, 15) is 4.79 Å². The zero-order valence-electron chi connectivity index (χ0n) is 12.1. The number of carbonyl (C=O) groups excluding carboxylic acids is 1. The van der Waals surface area contributed by atoms with Gasteiger partial charge in [0.2, 0.25) is 5.96 Å². The lowest BCUT2D eigenvalue weighted by atomic mass is 10.1. The molecule has 0 aromatic heterocycles. The lowest BCUT2D eigenvalue weighted by Gasteiger charge is -2.26. The summed E-state index contributed by atoms with van der Waals surface area (Å²) in [6.45, 7) is 1.55. The van der Waals surface area contributed by atoms with E-state index < -0.39 is 0 Å². The number of nitrogens with two attached hydrogens (primary N) is 3. The molecule has 1 saturated heterocycles. The van der Waals surface area contributed by atoms with E-state index in [1.165, 1.54) is 0 Å². The van der Waals surface area contributed by atoms with Gasteiger partial charge in [0.1, 0.15) is 0 Å². The highest BCUT2D eigenvalue weighted by Crippen LogP contribution is 2.27. The van der Waals surface area contributed by atoms with Crippen LogP contribution in [0.2, 0.25) is 5.02 Å². The molecule has 118 valence electrons. The SMILES string of the molecule is NC(N)=NC(N)=Nc1cc(C(=O)N2CCCCC2)ccc1Cl. The average molecular weight is 323 g/mol. The predicted molar refractivity (Wildman–Crippen MR) is 88.3 cm³/mol. The molecule has 0 bridgehead atoms. The molecule has 1 aromatic rings. The molecule has 22 heavy (non-hydrogen) atoms. The molecular formula is C14H19ClN6O. The van der Waals surface area contributed by atoms with E-state index in [0.29, 0.717) is 16.3 Å². The van der Waals surface area contributed by atoms with Crippen LogP contribution < -0.4 is 17.2 Å². The van der Waals surface area contributed by atoms with Gasteiger partial charge in [-0.25, -0.2) is 4.99 Å². The normalized spacial score (nSPS) is 15.5. The minimum absolute atomic E-state index is 0.0340. The Balaban J connectivity index is 2.26. The topological polar surface area (TPSA) is 123 Å². The molecule has 0 saturated carbocycles. The Kier molecular flexibility index (Phi) is 5.21. The van der Waals surface area contributed by atoms with Crippen LogP contribution in [0.1, 0.15) is 29.6 Å². The number of rotatable bonds is 2. The second kappa shape index (κ2) is 7.13. The highest BCUT2D eigenvalue weighted by atomic mass is 35.5. The molecule has 1 heterocycles. The molecule has 0 spiro atoms. The molecule has 1 amide bonds. The molecule has 0 atom stereocenters. The summed E-state index contributed by atoms with van der Waals surface area (Å²) in [5, 5.41) is 0.365. The second-order valence-corrected chi connectivity index (χ2v) is 5.43. The van der Waals surface area contributed by atoms with Crippen LogP contribution in [0.5, 0.6) is 0 Å². The maximum absolute atomic E-state index is 12.5. The van der Waals surface area contributed by atoms with Crippen molar-refractivity contribution >= 4 is 35.1 Å². The third kappa shape index (κ3) is 4.11. The lowest BCUT2D eigenvalue weighted by Crippen LogP contribution is -2.35. The van der Waals surface area contributed by atoms with Crippen molar-refractivity contribution in [2.45, 2.75) is 19.3 Å². The summed E-state index contributed by atoms with van der Waals surface area (Å²) in [4.78, 5) is 22.0. The zero-order chi connectivity index (χ0) is 16.1. The van der Waals surface area contributed by atoms with Crippen molar-refractivity contribution in [1.29, 1.82) is 0 Å². The Hall–Kier alpha value is -2.28. The number of benzene rings is 1. The van der Waals surface area contributed by atoms with Gasteiger partial charge < -0.3 is 22.1 Å². The van der Waals surface area contributed by atoms with Gasteiger partial charge in [-0.15, -0.1) is 0 Å². The fourth-order valence-electron chi connectivity index (χ4n) is 2.29. The van der Waals surface area contributed by atoms with Gasteiger partial charge in [0, 0.05) is 18.7 Å². The first-order valence-electron chi connectivity index (χ1n) is 7.00. The minimum Gasteiger partial charge on any atom is -0.370 e. The Labute approximate surface area is 133 Å². The molecular weight excluding hydrogens is 304 g/mol. The molecule has 6 N–H and O–H groups in total. The quantitative estimate of drug-likeness (QED) is 0.558. The van der Waals surface area contributed by atoms with E-state index in [1.807, 2.05) is 4.90 Å². The molecule has 0 aliphatic carbocycles. The van der Waals surface area contributed by atoms with Gasteiger partial charge >= 0.3 is 0 Å². The Bertz CT molecular complexity index is 618. The van der Waals surface area contributed by atoms with Gasteiger partial charge in [0.25, 0.3) is 5.91 Å². The highest BCUT2D eigenvalue weighted by Gasteiger charge is 2.19. The van der Waals surface area contributed by atoms with Crippen molar-refractivity contribution < 1.29 is 4.79 Å². The summed E-state index contributed by atoms with van der Waals surface area (Å²) < 4.78 is 0. The molecule has 7 nitrogen and oxygen atoms in total. The van der Waals surface area contributed by atoms with Crippen LogP contribution in [-0.4, -0.2) is 35.8 Å². The maximum atomic E-state index is 12.5. The monoisotopic (exact) mass is 322 g/mol. The van der Waals surface area contributed by atoms with E-state index in [2.05, 4.69) is 9.98 Å². The van der Waals surface area contributed by atoms with Crippen LogP contribution in [0, 0.1) is 0 Å². The fraction of sp³-hybridized carbons (Fsp3) is 0.357. The minimum atomic E-state index is -0.196. The van der Waals surface area contributed by atoms with Crippen molar-refractivity contribution in [3.05, 3.63) is 28.8 Å². The molecule has 1 aromatic carbocycles. The second-order valence-electron chi connectivity index (χ2n) is 5.03. The molecule has 0 radical (unpaired) electrons. The van der Waals surface area contributed by atoms with E-state index in [0.717, 1.165) is 32.4 Å². The van der Waals surface area contributed by atoms with Crippen LogP contribution in [0.15, 0.2) is 28.2 Å². The number of hydrogen-bond donors (Lipinski definition) is 3. The summed E-state index contributed by atoms with van der Waals surface area (Å²) in [5.74, 6) is -0.351. The van der Waals surface area contributed by atoms with E-state index in [4.69, 9.17) is 28.8 Å². The smallest absolute Gasteiger partial charge is 0.253 e. The number of halogens is 1. The summed E-state index contributed by atoms with van der Waals surface area (Å²) in [6.07, 6.45) is 3.22. The van der Waals surface area contributed by atoms with Crippen LogP contribution >= 0.6 is 11.6 Å². The van der Waals surface area contributed by atoms with Gasteiger partial charge in [0.05, 0.1) is 10.7 Å². The largest absolute Gasteiger partial charge is 0.370 e. The maximum Gasteiger partial charge on any atom is 0.253 e. The van der Waals surface area contributed by atoms with Crippen LogP contribution in [0.25, 0.3) is 0 Å². The summed E-state index contributed by atoms with van der Waals surface area (Å²) in [6, 6.07) is 4.88. The summed E-state index contributed by atoms with van der Waals surface area (Å²) >= 11 is 6.07. The number of carbonyl (C=O) groups is 1. The van der Waals surface area contributed by atoms with Gasteiger partial charge in [-0.3, -0.25) is 4.79 Å². The molecule has 0 unspecified atom stereocenters. The standard InChI is InChI=1S/C14H19ClN6O/c15-10-5-4-9(12(22)21-6-2-1-3-7-21)8-11(10)19-14(18)20-13(16)17/h4-5,8H,1-3,6-7H2,(H6,16,17,18,19,20). The lowest BCUT2D eigenvalue weighted by molar-refractivity contribution is 0.0724. The highest BCUT2D eigenvalue weighted by molar-refractivity contribution is 6.33. The zero-order valence-corrected chi connectivity index (χ0v) is 12.9. The predicted octanol–water partition coefficient (Wildman–Crippen LogP) is 1.19. The first kappa shape index (κ1) is 16.1. The Morgan fingerprint density at radius 1 is 1.14 bits per heavy atom. The molecule has 8 heteroatoms. The third-order valence-corrected chi connectivity index (χ3v) is 3.63. The van der Waals surface area contributed by atoms with E-state index in [1.54, 1.807) is 18.2 Å². The van der Waals surface area contributed by atoms with Crippen molar-refractivity contribution in [3.8, 4) is 0 Å². The van der Waals surface area contributed by atoms with Gasteiger partial charge in [0.15, 0.2) is 5.96 Å². The number of nitrogens with zero attached hydrogens (tertiary/aromatic N) is 3. The number of likely N-dealkylation sites (tertiary alicyclic amines) is 1. The van der Waals surface area contributed by atoms with Crippen LogP contribution in [0.3, 0.4) is 0 Å². The summed E-state index contributed by atoms with van der Waals surface area (Å²) in [7, 11) is 0. The first-order chi connectivity index (χ1) is 10.5. The average Bonchev–Trinajstić information content (AvgIpc) is 2.49. The third-order valence-electron chi connectivity index (χ3n) is 3.32.